The Labute approximate surface area is 104 Å². The maximum absolute atomic E-state index is 8.65. The molecule has 0 aliphatic heterocycles. The average Bonchev–Trinajstić information content (AvgIpc) is 2.77. The van der Waals surface area contributed by atoms with Crippen LogP contribution in [0.5, 0.6) is 0 Å². The Bertz CT molecular complexity index is 538. The number of thiazole rings is 1. The smallest absolute Gasteiger partial charge is 0.140 e. The third-order valence-electron chi connectivity index (χ3n) is 2.27. The highest BCUT2D eigenvalue weighted by Gasteiger charge is 2.09. The maximum Gasteiger partial charge on any atom is 0.140 e. The van der Waals surface area contributed by atoms with Crippen molar-refractivity contribution in [2.75, 3.05) is 5.32 Å². The number of nitriles is 1. The second-order valence-corrected chi connectivity index (χ2v) is 4.99. The van der Waals surface area contributed by atoms with Gasteiger partial charge in [-0.15, -0.1) is 11.3 Å². The van der Waals surface area contributed by atoms with Gasteiger partial charge < -0.3 is 5.32 Å². The van der Waals surface area contributed by atoms with E-state index in [-0.39, 0.29) is 6.04 Å². The highest BCUT2D eigenvalue weighted by atomic mass is 32.1. The Kier molecular flexibility index (Phi) is 3.35. The number of nitrogens with zero attached hydrogens (tertiary/aromatic N) is 3. The van der Waals surface area contributed by atoms with Gasteiger partial charge in [0.25, 0.3) is 0 Å². The second-order valence-electron chi connectivity index (χ2n) is 3.72. The molecule has 1 unspecified atom stereocenters. The Morgan fingerprint density at radius 1 is 1.35 bits per heavy atom. The van der Waals surface area contributed by atoms with Crippen molar-refractivity contribution in [3.8, 4) is 6.07 Å². The summed E-state index contributed by atoms with van der Waals surface area (Å²) in [5, 5.41) is 13.0. The molecule has 0 saturated carbocycles. The van der Waals surface area contributed by atoms with Crippen LogP contribution in [0.3, 0.4) is 0 Å². The van der Waals surface area contributed by atoms with Crippen molar-refractivity contribution in [1.29, 1.82) is 5.26 Å². The van der Waals surface area contributed by atoms with Crippen LogP contribution >= 0.6 is 11.3 Å². The van der Waals surface area contributed by atoms with Gasteiger partial charge >= 0.3 is 0 Å². The van der Waals surface area contributed by atoms with Gasteiger partial charge in [-0.2, -0.15) is 5.26 Å². The molecule has 0 aliphatic carbocycles. The average molecular weight is 244 g/mol. The van der Waals surface area contributed by atoms with E-state index in [9.17, 15) is 0 Å². The summed E-state index contributed by atoms with van der Waals surface area (Å²) >= 11 is 1.68. The highest BCUT2D eigenvalue weighted by molar-refractivity contribution is 7.11. The van der Waals surface area contributed by atoms with Crippen molar-refractivity contribution in [1.82, 2.24) is 9.97 Å². The molecule has 0 amide bonds. The zero-order valence-corrected chi connectivity index (χ0v) is 10.5. The van der Waals surface area contributed by atoms with Crippen LogP contribution in [0.2, 0.25) is 0 Å². The molecule has 0 radical (unpaired) electrons. The first-order valence-corrected chi connectivity index (χ1v) is 6.05. The van der Waals surface area contributed by atoms with Crippen molar-refractivity contribution in [3.05, 3.63) is 40.1 Å². The maximum atomic E-state index is 8.65. The summed E-state index contributed by atoms with van der Waals surface area (Å²) in [5.74, 6) is 0. The summed E-state index contributed by atoms with van der Waals surface area (Å²) in [6.45, 7) is 4.09. The Morgan fingerprint density at radius 2 is 2.18 bits per heavy atom. The minimum absolute atomic E-state index is 0.142. The molecule has 2 aromatic heterocycles. The van der Waals surface area contributed by atoms with E-state index in [2.05, 4.69) is 22.2 Å². The number of anilines is 1. The first-order chi connectivity index (χ1) is 8.19. The molecule has 2 heterocycles. The van der Waals surface area contributed by atoms with Crippen molar-refractivity contribution in [2.45, 2.75) is 19.9 Å². The van der Waals surface area contributed by atoms with Crippen LogP contribution in [-0.4, -0.2) is 9.97 Å². The van der Waals surface area contributed by atoms with Crippen LogP contribution < -0.4 is 5.32 Å². The Morgan fingerprint density at radius 3 is 2.71 bits per heavy atom. The van der Waals surface area contributed by atoms with Gasteiger partial charge in [0.05, 0.1) is 17.9 Å². The van der Waals surface area contributed by atoms with Gasteiger partial charge in [0, 0.05) is 11.1 Å². The molecule has 17 heavy (non-hydrogen) atoms. The summed E-state index contributed by atoms with van der Waals surface area (Å²) in [7, 11) is 0. The van der Waals surface area contributed by atoms with Crippen LogP contribution in [0.25, 0.3) is 0 Å². The van der Waals surface area contributed by atoms with E-state index < -0.39 is 0 Å². The summed E-state index contributed by atoms with van der Waals surface area (Å²) in [6.07, 6.45) is 3.53. The first kappa shape index (κ1) is 11.6. The third-order valence-corrected chi connectivity index (χ3v) is 3.37. The largest absolute Gasteiger partial charge is 0.375 e. The normalized spacial score (nSPS) is 11.8. The lowest BCUT2D eigenvalue weighted by Gasteiger charge is -2.11. The second kappa shape index (κ2) is 4.93. The van der Waals surface area contributed by atoms with Gasteiger partial charge in [0.15, 0.2) is 0 Å². The molecular formula is C12H12N4S. The van der Waals surface area contributed by atoms with E-state index in [0.717, 1.165) is 10.7 Å². The molecule has 0 spiro atoms. The van der Waals surface area contributed by atoms with Gasteiger partial charge in [-0.25, -0.2) is 9.97 Å². The van der Waals surface area contributed by atoms with Gasteiger partial charge in [-0.05, 0) is 26.0 Å². The van der Waals surface area contributed by atoms with Crippen LogP contribution in [0, 0.1) is 18.3 Å². The topological polar surface area (TPSA) is 61.6 Å². The minimum atomic E-state index is 0.142. The van der Waals surface area contributed by atoms with E-state index in [0.29, 0.717) is 5.69 Å². The number of hydrogen-bond acceptors (Lipinski definition) is 5. The lowest BCUT2D eigenvalue weighted by Crippen LogP contribution is -2.06. The number of pyridine rings is 1. The van der Waals surface area contributed by atoms with Crippen LogP contribution in [0.15, 0.2) is 24.5 Å². The fourth-order valence-corrected chi connectivity index (χ4v) is 2.21. The predicted octanol–water partition coefficient (Wildman–Crippen LogP) is 2.89. The van der Waals surface area contributed by atoms with E-state index in [1.54, 1.807) is 23.6 Å². The zero-order valence-electron chi connectivity index (χ0n) is 9.64. The van der Waals surface area contributed by atoms with Crippen LogP contribution in [0.4, 0.5) is 5.69 Å². The van der Waals surface area contributed by atoms with E-state index >= 15 is 0 Å². The quantitative estimate of drug-likeness (QED) is 0.901. The van der Waals surface area contributed by atoms with Crippen molar-refractivity contribution >= 4 is 17.0 Å². The minimum Gasteiger partial charge on any atom is -0.375 e. The number of rotatable bonds is 3. The molecule has 0 saturated heterocycles. The molecule has 0 aliphatic rings. The summed E-state index contributed by atoms with van der Waals surface area (Å²) in [4.78, 5) is 9.54. The lowest BCUT2D eigenvalue weighted by atomic mass is 10.3. The molecule has 0 fully saturated rings. The Hall–Kier alpha value is -1.93. The van der Waals surface area contributed by atoms with Crippen molar-refractivity contribution in [2.24, 2.45) is 0 Å². The third kappa shape index (κ3) is 2.80. The van der Waals surface area contributed by atoms with E-state index in [1.807, 2.05) is 25.3 Å². The van der Waals surface area contributed by atoms with E-state index in [1.165, 1.54) is 4.88 Å². The molecule has 0 bridgehead atoms. The predicted molar refractivity (Wildman–Crippen MR) is 67.8 cm³/mol. The lowest BCUT2D eigenvalue weighted by molar-refractivity contribution is 0.868. The molecule has 4 nitrogen and oxygen atoms in total. The fourth-order valence-electron chi connectivity index (χ4n) is 1.43. The van der Waals surface area contributed by atoms with Crippen LogP contribution in [-0.2, 0) is 0 Å². The molecule has 2 rings (SSSR count). The van der Waals surface area contributed by atoms with Crippen LogP contribution in [0.1, 0.15) is 28.5 Å². The first-order valence-electron chi connectivity index (χ1n) is 5.24. The molecule has 2 aromatic rings. The number of aryl methyl sites for hydroxylation is 1. The van der Waals surface area contributed by atoms with Gasteiger partial charge in [-0.1, -0.05) is 0 Å². The van der Waals surface area contributed by atoms with Crippen molar-refractivity contribution < 1.29 is 0 Å². The van der Waals surface area contributed by atoms with Gasteiger partial charge in [-0.3, -0.25) is 0 Å². The van der Waals surface area contributed by atoms with Gasteiger partial charge in [0.1, 0.15) is 16.8 Å². The molecule has 0 aromatic carbocycles. The molecule has 86 valence electrons. The molecular weight excluding hydrogens is 232 g/mol. The number of aromatic nitrogens is 2. The van der Waals surface area contributed by atoms with Crippen molar-refractivity contribution in [3.63, 3.8) is 0 Å². The molecule has 5 heteroatoms. The SMILES string of the molecule is Cc1cnc(C(C)Nc2ccc(C#N)nc2)s1. The number of hydrogen-bond donors (Lipinski definition) is 1. The Balaban J connectivity index is 2.08. The monoisotopic (exact) mass is 244 g/mol. The highest BCUT2D eigenvalue weighted by Crippen LogP contribution is 2.22. The summed E-state index contributed by atoms with van der Waals surface area (Å²) < 4.78 is 0. The summed E-state index contributed by atoms with van der Waals surface area (Å²) in [6, 6.07) is 5.68. The molecule has 1 N–H and O–H groups in total. The number of nitrogens with one attached hydrogen (secondary N) is 1. The van der Waals surface area contributed by atoms with E-state index in [4.69, 9.17) is 5.26 Å². The summed E-state index contributed by atoms with van der Waals surface area (Å²) in [5.41, 5.74) is 1.32. The van der Waals surface area contributed by atoms with Gasteiger partial charge in [0.2, 0.25) is 0 Å². The standard InChI is InChI=1S/C12H12N4S/c1-8-6-15-12(17-8)9(2)16-11-4-3-10(5-13)14-7-11/h3-4,6-7,9,16H,1-2H3. The zero-order chi connectivity index (χ0) is 12.3. The fraction of sp³-hybridized carbons (Fsp3) is 0.250. The molecule has 1 atom stereocenters.